The first kappa shape index (κ1) is 11.7. The zero-order chi connectivity index (χ0) is 12.7. The predicted molar refractivity (Wildman–Crippen MR) is 78.4 cm³/mol. The number of thiophene rings is 1. The molecule has 2 aromatic carbocycles. The second kappa shape index (κ2) is 4.37. The number of methoxy groups -OCH3 is 1. The van der Waals surface area contributed by atoms with E-state index in [0.717, 1.165) is 19.9 Å². The van der Waals surface area contributed by atoms with Crippen molar-refractivity contribution in [2.45, 2.75) is 0 Å². The number of hydrogen-bond acceptors (Lipinski definition) is 3. The molecule has 3 aromatic rings. The van der Waals surface area contributed by atoms with Crippen LogP contribution in [-0.2, 0) is 4.74 Å². The number of esters is 1. The summed E-state index contributed by atoms with van der Waals surface area (Å²) in [5.41, 5.74) is 0. The van der Waals surface area contributed by atoms with Crippen molar-refractivity contribution in [2.24, 2.45) is 0 Å². The number of carbonyl (C=O) groups excluding carboxylic acids is 1. The molecule has 0 bridgehead atoms. The van der Waals surface area contributed by atoms with E-state index in [2.05, 4.69) is 34.1 Å². The monoisotopic (exact) mass is 320 g/mol. The maximum atomic E-state index is 11.7. The summed E-state index contributed by atoms with van der Waals surface area (Å²) in [6, 6.07) is 12.3. The SMILES string of the molecule is COC(=O)c1sc2c(ccc3ccccc32)c1Br. The summed E-state index contributed by atoms with van der Waals surface area (Å²) < 4.78 is 6.73. The second-order valence-corrected chi connectivity index (χ2v) is 5.71. The lowest BCUT2D eigenvalue weighted by atomic mass is 10.1. The molecule has 0 unspecified atom stereocenters. The van der Waals surface area contributed by atoms with E-state index in [9.17, 15) is 4.79 Å². The molecular formula is C14H9BrO2S. The van der Waals surface area contributed by atoms with Crippen LogP contribution in [0.15, 0.2) is 40.9 Å². The van der Waals surface area contributed by atoms with Crippen molar-refractivity contribution in [3.63, 3.8) is 0 Å². The highest BCUT2D eigenvalue weighted by atomic mass is 79.9. The van der Waals surface area contributed by atoms with Crippen LogP contribution in [0, 0.1) is 0 Å². The standard InChI is InChI=1S/C14H9BrO2S/c1-17-14(16)13-11(15)10-7-6-8-4-2-3-5-9(8)12(10)18-13/h2-7H,1H3. The molecule has 0 aliphatic heterocycles. The van der Waals surface area contributed by atoms with Gasteiger partial charge in [-0.1, -0.05) is 36.4 Å². The Hall–Kier alpha value is -1.39. The van der Waals surface area contributed by atoms with Crippen molar-refractivity contribution >= 4 is 54.1 Å². The Morgan fingerprint density at radius 3 is 2.72 bits per heavy atom. The molecule has 0 atom stereocenters. The highest BCUT2D eigenvalue weighted by Gasteiger charge is 2.18. The molecule has 18 heavy (non-hydrogen) atoms. The zero-order valence-electron chi connectivity index (χ0n) is 9.57. The minimum Gasteiger partial charge on any atom is -0.465 e. The highest BCUT2D eigenvalue weighted by molar-refractivity contribution is 9.10. The quantitative estimate of drug-likeness (QED) is 0.612. The first-order chi connectivity index (χ1) is 8.72. The lowest BCUT2D eigenvalue weighted by molar-refractivity contribution is 0.0605. The summed E-state index contributed by atoms with van der Waals surface area (Å²) in [6.07, 6.45) is 0. The van der Waals surface area contributed by atoms with Gasteiger partial charge in [-0.05, 0) is 26.7 Å². The van der Waals surface area contributed by atoms with Crippen LogP contribution in [0.2, 0.25) is 0 Å². The summed E-state index contributed by atoms with van der Waals surface area (Å²) in [5, 5.41) is 3.39. The summed E-state index contributed by atoms with van der Waals surface area (Å²) in [6.45, 7) is 0. The lowest BCUT2D eigenvalue weighted by Gasteiger charge is -1.98. The van der Waals surface area contributed by atoms with Crippen LogP contribution in [0.3, 0.4) is 0 Å². The molecule has 0 saturated carbocycles. The number of benzene rings is 2. The van der Waals surface area contributed by atoms with Gasteiger partial charge >= 0.3 is 5.97 Å². The Kier molecular flexibility index (Phi) is 2.84. The van der Waals surface area contributed by atoms with Gasteiger partial charge in [-0.25, -0.2) is 4.79 Å². The number of halogens is 1. The van der Waals surface area contributed by atoms with E-state index in [1.165, 1.54) is 23.8 Å². The molecule has 0 saturated heterocycles. The van der Waals surface area contributed by atoms with Gasteiger partial charge in [-0.2, -0.15) is 0 Å². The zero-order valence-corrected chi connectivity index (χ0v) is 12.0. The third-order valence-electron chi connectivity index (χ3n) is 2.89. The molecule has 1 aromatic heterocycles. The summed E-state index contributed by atoms with van der Waals surface area (Å²) in [4.78, 5) is 12.3. The van der Waals surface area contributed by atoms with E-state index in [4.69, 9.17) is 4.74 Å². The molecule has 1 heterocycles. The molecule has 0 aliphatic carbocycles. The Balaban J connectivity index is 2.42. The average Bonchev–Trinajstić information content (AvgIpc) is 2.76. The molecule has 0 aliphatic rings. The maximum absolute atomic E-state index is 11.7. The van der Waals surface area contributed by atoms with Crippen LogP contribution < -0.4 is 0 Å². The van der Waals surface area contributed by atoms with Crippen LogP contribution >= 0.6 is 27.3 Å². The van der Waals surface area contributed by atoms with Crippen molar-refractivity contribution in [1.29, 1.82) is 0 Å². The van der Waals surface area contributed by atoms with Gasteiger partial charge in [0.05, 0.1) is 11.6 Å². The molecule has 3 rings (SSSR count). The summed E-state index contributed by atoms with van der Waals surface area (Å²) >= 11 is 4.95. The molecule has 0 N–H and O–H groups in total. The minimum absolute atomic E-state index is 0.299. The van der Waals surface area contributed by atoms with Crippen molar-refractivity contribution in [3.05, 3.63) is 45.7 Å². The van der Waals surface area contributed by atoms with Crippen LogP contribution in [0.4, 0.5) is 0 Å². The molecule has 0 fully saturated rings. The van der Waals surface area contributed by atoms with Crippen molar-refractivity contribution in [1.82, 2.24) is 0 Å². The molecule has 2 nitrogen and oxygen atoms in total. The van der Waals surface area contributed by atoms with Gasteiger partial charge in [0.1, 0.15) is 4.88 Å². The fourth-order valence-electron chi connectivity index (χ4n) is 2.02. The number of fused-ring (bicyclic) bond motifs is 3. The normalized spacial score (nSPS) is 11.0. The van der Waals surface area contributed by atoms with Gasteiger partial charge in [-0.15, -0.1) is 11.3 Å². The second-order valence-electron chi connectivity index (χ2n) is 3.90. The third kappa shape index (κ3) is 1.64. The summed E-state index contributed by atoms with van der Waals surface area (Å²) in [5.74, 6) is -0.299. The Labute approximate surface area is 116 Å². The van der Waals surface area contributed by atoms with E-state index in [1.54, 1.807) is 0 Å². The van der Waals surface area contributed by atoms with Gasteiger partial charge in [-0.3, -0.25) is 0 Å². The predicted octanol–water partition coefficient (Wildman–Crippen LogP) is 4.60. The number of rotatable bonds is 1. The molecular weight excluding hydrogens is 312 g/mol. The molecule has 0 radical (unpaired) electrons. The van der Waals surface area contributed by atoms with E-state index in [0.29, 0.717) is 4.88 Å². The molecule has 0 spiro atoms. The Bertz CT molecular complexity index is 761. The van der Waals surface area contributed by atoms with E-state index in [1.807, 2.05) is 18.2 Å². The molecule has 0 amide bonds. The first-order valence-corrected chi connectivity index (χ1v) is 7.01. The van der Waals surface area contributed by atoms with Crippen LogP contribution in [-0.4, -0.2) is 13.1 Å². The molecule has 90 valence electrons. The van der Waals surface area contributed by atoms with E-state index in [-0.39, 0.29) is 5.97 Å². The van der Waals surface area contributed by atoms with Crippen molar-refractivity contribution in [3.8, 4) is 0 Å². The highest BCUT2D eigenvalue weighted by Crippen LogP contribution is 2.39. The van der Waals surface area contributed by atoms with Gasteiger partial charge in [0.2, 0.25) is 0 Å². The first-order valence-electron chi connectivity index (χ1n) is 5.40. The average molecular weight is 321 g/mol. The van der Waals surface area contributed by atoms with Gasteiger partial charge in [0, 0.05) is 10.1 Å². The third-order valence-corrected chi connectivity index (χ3v) is 5.20. The topological polar surface area (TPSA) is 26.3 Å². The van der Waals surface area contributed by atoms with Crippen molar-refractivity contribution < 1.29 is 9.53 Å². The van der Waals surface area contributed by atoms with Crippen molar-refractivity contribution in [2.75, 3.05) is 7.11 Å². The smallest absolute Gasteiger partial charge is 0.349 e. The van der Waals surface area contributed by atoms with Crippen LogP contribution in [0.1, 0.15) is 9.67 Å². The molecule has 4 heteroatoms. The Morgan fingerprint density at radius 1 is 1.17 bits per heavy atom. The Morgan fingerprint density at radius 2 is 1.94 bits per heavy atom. The van der Waals surface area contributed by atoms with Gasteiger partial charge in [0.15, 0.2) is 0 Å². The van der Waals surface area contributed by atoms with Crippen LogP contribution in [0.5, 0.6) is 0 Å². The number of hydrogen-bond donors (Lipinski definition) is 0. The van der Waals surface area contributed by atoms with Gasteiger partial charge in [0.25, 0.3) is 0 Å². The number of ether oxygens (including phenoxy) is 1. The lowest BCUT2D eigenvalue weighted by Crippen LogP contribution is -1.98. The maximum Gasteiger partial charge on any atom is 0.349 e. The largest absolute Gasteiger partial charge is 0.465 e. The fourth-order valence-corrected chi connectivity index (χ4v) is 4.03. The van der Waals surface area contributed by atoms with E-state index >= 15 is 0 Å². The fraction of sp³-hybridized carbons (Fsp3) is 0.0714. The van der Waals surface area contributed by atoms with Crippen LogP contribution in [0.25, 0.3) is 20.9 Å². The summed E-state index contributed by atoms with van der Waals surface area (Å²) in [7, 11) is 1.40. The van der Waals surface area contributed by atoms with E-state index < -0.39 is 0 Å². The van der Waals surface area contributed by atoms with Gasteiger partial charge < -0.3 is 4.74 Å². The minimum atomic E-state index is -0.299. The number of carbonyl (C=O) groups is 1.